The van der Waals surface area contributed by atoms with E-state index in [-0.39, 0.29) is 19.0 Å². The largest absolute Gasteiger partial charge is 0.480 e. The number of amides is 3. The fourth-order valence-corrected chi connectivity index (χ4v) is 2.55. The van der Waals surface area contributed by atoms with E-state index in [0.29, 0.717) is 17.2 Å². The van der Waals surface area contributed by atoms with E-state index in [2.05, 4.69) is 5.32 Å². The molecule has 0 spiro atoms. The van der Waals surface area contributed by atoms with Gasteiger partial charge in [0.1, 0.15) is 18.8 Å². The molecular formula is C13H11ClN2O4. The number of halogens is 1. The minimum Gasteiger partial charge on any atom is -0.480 e. The van der Waals surface area contributed by atoms with Crippen LogP contribution < -0.4 is 10.1 Å². The van der Waals surface area contributed by atoms with E-state index in [0.717, 1.165) is 5.56 Å². The molecule has 1 N–H and O–H groups in total. The highest BCUT2D eigenvalue weighted by molar-refractivity contribution is 6.30. The van der Waals surface area contributed by atoms with Crippen LogP contribution in [0.4, 0.5) is 0 Å². The van der Waals surface area contributed by atoms with Gasteiger partial charge in [-0.1, -0.05) is 11.6 Å². The Morgan fingerprint density at radius 1 is 1.30 bits per heavy atom. The van der Waals surface area contributed by atoms with Crippen molar-refractivity contribution in [3.05, 3.63) is 28.8 Å². The number of carbonyl (C=O) groups excluding carboxylic acids is 3. The number of carbonyl (C=O) groups is 3. The van der Waals surface area contributed by atoms with Gasteiger partial charge in [-0.25, -0.2) is 0 Å². The van der Waals surface area contributed by atoms with Crippen LogP contribution >= 0.6 is 11.6 Å². The van der Waals surface area contributed by atoms with Gasteiger partial charge in [0.25, 0.3) is 5.91 Å². The van der Waals surface area contributed by atoms with Gasteiger partial charge in [0.15, 0.2) is 6.10 Å². The van der Waals surface area contributed by atoms with Crippen LogP contribution in [0.2, 0.25) is 5.02 Å². The second-order valence-corrected chi connectivity index (χ2v) is 5.16. The summed E-state index contributed by atoms with van der Waals surface area (Å²) in [5, 5.41) is 2.73. The lowest BCUT2D eigenvalue weighted by Crippen LogP contribution is -2.56. The normalized spacial score (nSPS) is 21.2. The van der Waals surface area contributed by atoms with Crippen molar-refractivity contribution in [1.29, 1.82) is 0 Å². The van der Waals surface area contributed by atoms with Gasteiger partial charge < -0.3 is 9.64 Å². The third-order valence-corrected chi connectivity index (χ3v) is 3.47. The van der Waals surface area contributed by atoms with Gasteiger partial charge in [-0.15, -0.1) is 0 Å². The molecule has 3 amide bonds. The fourth-order valence-electron chi connectivity index (χ4n) is 2.35. The lowest BCUT2D eigenvalue weighted by atomic mass is 10.1. The number of ether oxygens (including phenoxy) is 1. The minimum atomic E-state index is -0.706. The van der Waals surface area contributed by atoms with Gasteiger partial charge in [-0.2, -0.15) is 0 Å². The van der Waals surface area contributed by atoms with Crippen LogP contribution in [0.5, 0.6) is 5.75 Å². The standard InChI is InChI=1S/C13H11ClN2O4/c14-8-1-2-9-7(3-8)4-10(20-9)13(19)16-5-11(17)15-12(18)6-16/h1-3,10H,4-6H2,(H,15,17,18). The Hall–Kier alpha value is -2.08. The summed E-state index contributed by atoms with van der Waals surface area (Å²) in [5.74, 6) is -0.706. The number of nitrogens with zero attached hydrogens (tertiary/aromatic N) is 1. The molecule has 1 unspecified atom stereocenters. The SMILES string of the molecule is O=C1CN(C(=O)C2Cc3cc(Cl)ccc3O2)CC(=O)N1. The quantitative estimate of drug-likeness (QED) is 0.747. The van der Waals surface area contributed by atoms with Crippen LogP contribution in [0.15, 0.2) is 18.2 Å². The third-order valence-electron chi connectivity index (χ3n) is 3.23. The Bertz CT molecular complexity index is 600. The molecule has 0 saturated carbocycles. The summed E-state index contributed by atoms with van der Waals surface area (Å²) in [6, 6.07) is 5.14. The molecule has 0 radical (unpaired) electrons. The van der Waals surface area contributed by atoms with Crippen LogP contribution in [-0.2, 0) is 20.8 Å². The number of fused-ring (bicyclic) bond motifs is 1. The van der Waals surface area contributed by atoms with Crippen molar-refractivity contribution in [3.8, 4) is 5.75 Å². The van der Waals surface area contributed by atoms with Crippen molar-refractivity contribution in [1.82, 2.24) is 10.2 Å². The first-order valence-electron chi connectivity index (χ1n) is 6.09. The van der Waals surface area contributed by atoms with Gasteiger partial charge in [0.05, 0.1) is 0 Å². The van der Waals surface area contributed by atoms with Gasteiger partial charge in [-0.3, -0.25) is 19.7 Å². The number of imide groups is 1. The van der Waals surface area contributed by atoms with E-state index in [4.69, 9.17) is 16.3 Å². The monoisotopic (exact) mass is 294 g/mol. The predicted molar refractivity (Wildman–Crippen MR) is 69.3 cm³/mol. The van der Waals surface area contributed by atoms with Crippen molar-refractivity contribution < 1.29 is 19.1 Å². The highest BCUT2D eigenvalue weighted by atomic mass is 35.5. The molecule has 1 fully saturated rings. The minimum absolute atomic E-state index is 0.123. The number of benzene rings is 1. The maximum Gasteiger partial charge on any atom is 0.264 e. The Kier molecular flexibility index (Phi) is 3.10. The first kappa shape index (κ1) is 12.9. The van der Waals surface area contributed by atoms with Gasteiger partial charge in [-0.05, 0) is 23.8 Å². The number of nitrogens with one attached hydrogen (secondary N) is 1. The molecule has 1 saturated heterocycles. The average molecular weight is 295 g/mol. The molecule has 3 rings (SSSR count). The fraction of sp³-hybridized carbons (Fsp3) is 0.308. The van der Waals surface area contributed by atoms with Crippen molar-refractivity contribution in [2.75, 3.05) is 13.1 Å². The molecule has 1 aromatic rings. The molecular weight excluding hydrogens is 284 g/mol. The van der Waals surface area contributed by atoms with Crippen molar-refractivity contribution in [2.45, 2.75) is 12.5 Å². The Morgan fingerprint density at radius 2 is 2.00 bits per heavy atom. The van der Waals surface area contributed by atoms with E-state index in [1.54, 1.807) is 18.2 Å². The lowest BCUT2D eigenvalue weighted by molar-refractivity contribution is -0.148. The summed E-state index contributed by atoms with van der Waals surface area (Å²) in [6.07, 6.45) is -0.316. The number of hydrogen-bond acceptors (Lipinski definition) is 4. The van der Waals surface area contributed by atoms with Crippen molar-refractivity contribution in [2.24, 2.45) is 0 Å². The van der Waals surface area contributed by atoms with Crippen molar-refractivity contribution in [3.63, 3.8) is 0 Å². The summed E-state index contributed by atoms with van der Waals surface area (Å²) < 4.78 is 5.55. The molecule has 1 aromatic carbocycles. The zero-order valence-corrected chi connectivity index (χ0v) is 11.1. The molecule has 20 heavy (non-hydrogen) atoms. The topological polar surface area (TPSA) is 75.7 Å². The second kappa shape index (κ2) is 4.79. The average Bonchev–Trinajstić information content (AvgIpc) is 2.79. The first-order chi connectivity index (χ1) is 9.52. The maximum absolute atomic E-state index is 12.3. The zero-order chi connectivity index (χ0) is 14.3. The second-order valence-electron chi connectivity index (χ2n) is 4.73. The summed E-state index contributed by atoms with van der Waals surface area (Å²) in [5.41, 5.74) is 0.851. The molecule has 0 bridgehead atoms. The van der Waals surface area contributed by atoms with E-state index < -0.39 is 17.9 Å². The molecule has 2 aliphatic rings. The molecule has 104 valence electrons. The van der Waals surface area contributed by atoms with Crippen LogP contribution in [0, 0.1) is 0 Å². The summed E-state index contributed by atoms with van der Waals surface area (Å²) >= 11 is 5.89. The summed E-state index contributed by atoms with van der Waals surface area (Å²) in [7, 11) is 0. The molecule has 7 heteroatoms. The molecule has 1 atom stereocenters. The molecule has 2 heterocycles. The van der Waals surface area contributed by atoms with Crippen molar-refractivity contribution >= 4 is 29.3 Å². The van der Waals surface area contributed by atoms with Crippen LogP contribution in [0.3, 0.4) is 0 Å². The highest BCUT2D eigenvalue weighted by Crippen LogP contribution is 2.31. The number of piperazine rings is 1. The first-order valence-corrected chi connectivity index (χ1v) is 6.47. The van der Waals surface area contributed by atoms with E-state index >= 15 is 0 Å². The third kappa shape index (κ3) is 2.34. The number of hydrogen-bond donors (Lipinski definition) is 1. The molecule has 0 aromatic heterocycles. The maximum atomic E-state index is 12.3. The molecule has 6 nitrogen and oxygen atoms in total. The van der Waals surface area contributed by atoms with Crippen LogP contribution in [0.1, 0.15) is 5.56 Å². The number of rotatable bonds is 1. The molecule has 2 aliphatic heterocycles. The van der Waals surface area contributed by atoms with E-state index in [9.17, 15) is 14.4 Å². The van der Waals surface area contributed by atoms with Gasteiger partial charge >= 0.3 is 0 Å². The van der Waals surface area contributed by atoms with Gasteiger partial charge in [0, 0.05) is 11.4 Å². The lowest BCUT2D eigenvalue weighted by Gasteiger charge is -2.27. The summed E-state index contributed by atoms with van der Waals surface area (Å²) in [4.78, 5) is 36.1. The van der Waals surface area contributed by atoms with E-state index in [1.807, 2.05) is 0 Å². The zero-order valence-electron chi connectivity index (χ0n) is 10.4. The van der Waals surface area contributed by atoms with Crippen LogP contribution in [0.25, 0.3) is 0 Å². The Balaban J connectivity index is 1.74. The Labute approximate surface area is 119 Å². The predicted octanol–water partition coefficient (Wildman–Crippen LogP) is 0.128. The molecule has 0 aliphatic carbocycles. The smallest absolute Gasteiger partial charge is 0.264 e. The highest BCUT2D eigenvalue weighted by Gasteiger charge is 2.35. The van der Waals surface area contributed by atoms with E-state index in [1.165, 1.54) is 4.90 Å². The Morgan fingerprint density at radius 3 is 2.70 bits per heavy atom. The van der Waals surface area contributed by atoms with Gasteiger partial charge in [0.2, 0.25) is 11.8 Å². The van der Waals surface area contributed by atoms with Crippen LogP contribution in [-0.4, -0.2) is 41.8 Å². The summed E-state index contributed by atoms with van der Waals surface area (Å²) in [6.45, 7) is -0.247.